The summed E-state index contributed by atoms with van der Waals surface area (Å²) in [5.74, 6) is -0.764. The molecule has 1 aromatic rings. The highest BCUT2D eigenvalue weighted by Gasteiger charge is 2.32. The molecule has 0 spiro atoms. The van der Waals surface area contributed by atoms with E-state index in [4.69, 9.17) is 5.73 Å². The van der Waals surface area contributed by atoms with Crippen LogP contribution in [0.3, 0.4) is 0 Å². The third-order valence-corrected chi connectivity index (χ3v) is 4.46. The van der Waals surface area contributed by atoms with Crippen LogP contribution in [0.5, 0.6) is 0 Å². The fourth-order valence-electron chi connectivity index (χ4n) is 3.07. The summed E-state index contributed by atoms with van der Waals surface area (Å²) in [6.45, 7) is 1.81. The Balaban J connectivity index is 0.00000288. The third-order valence-electron chi connectivity index (χ3n) is 4.46. The second-order valence-corrected chi connectivity index (χ2v) is 6.20. The molecule has 1 atom stereocenters. The van der Waals surface area contributed by atoms with Crippen molar-refractivity contribution in [2.75, 3.05) is 0 Å². The van der Waals surface area contributed by atoms with Crippen molar-refractivity contribution in [2.24, 2.45) is 5.73 Å². The van der Waals surface area contributed by atoms with Gasteiger partial charge in [-0.25, -0.2) is 0 Å². The molecule has 1 aliphatic rings. The molecular weight excluding hydrogens is 341 g/mol. The lowest BCUT2D eigenvalue weighted by Crippen LogP contribution is -2.42. The first kappa shape index (κ1) is 20.8. The quantitative estimate of drug-likeness (QED) is 0.848. The van der Waals surface area contributed by atoms with Crippen LogP contribution in [0.1, 0.15) is 56.1 Å². The van der Waals surface area contributed by atoms with Gasteiger partial charge in [0.15, 0.2) is 0 Å². The maximum Gasteiger partial charge on any atom is 0.416 e. The maximum atomic E-state index is 12.8. The number of rotatable bonds is 4. The van der Waals surface area contributed by atoms with E-state index in [0.717, 1.165) is 37.8 Å². The molecule has 1 amide bonds. The second-order valence-electron chi connectivity index (χ2n) is 6.20. The predicted octanol–water partition coefficient (Wildman–Crippen LogP) is 4.01. The molecule has 0 aliphatic heterocycles. The van der Waals surface area contributed by atoms with Gasteiger partial charge in [0.25, 0.3) is 0 Å². The molecule has 0 heterocycles. The standard InChI is InChI=1S/C17H23F3N2O.ClH/c1-2-15(11-4-3-5-12(10-11)17(18,19)20)16(23)22-14-8-6-13(21)7-9-14;/h3-5,10,13-15H,2,6-9,21H2,1H3,(H,22,23);1H. The van der Waals surface area contributed by atoms with Crippen LogP contribution in [0.25, 0.3) is 0 Å². The Kier molecular flexibility index (Phi) is 7.55. The van der Waals surface area contributed by atoms with Gasteiger partial charge in [0, 0.05) is 12.1 Å². The summed E-state index contributed by atoms with van der Waals surface area (Å²) < 4.78 is 38.5. The number of carbonyl (C=O) groups is 1. The van der Waals surface area contributed by atoms with Crippen LogP contribution >= 0.6 is 12.4 Å². The Morgan fingerprint density at radius 1 is 1.29 bits per heavy atom. The highest BCUT2D eigenvalue weighted by molar-refractivity contribution is 5.85. The van der Waals surface area contributed by atoms with Gasteiger partial charge in [-0.15, -0.1) is 12.4 Å². The molecule has 24 heavy (non-hydrogen) atoms. The fourth-order valence-corrected chi connectivity index (χ4v) is 3.07. The largest absolute Gasteiger partial charge is 0.416 e. The van der Waals surface area contributed by atoms with Crippen LogP contribution < -0.4 is 11.1 Å². The van der Waals surface area contributed by atoms with Crippen molar-refractivity contribution in [3.63, 3.8) is 0 Å². The smallest absolute Gasteiger partial charge is 0.353 e. The van der Waals surface area contributed by atoms with Crippen LogP contribution in [-0.2, 0) is 11.0 Å². The van der Waals surface area contributed by atoms with Gasteiger partial charge in [0.1, 0.15) is 0 Å². The van der Waals surface area contributed by atoms with Gasteiger partial charge in [0.2, 0.25) is 5.91 Å². The molecule has 3 nitrogen and oxygen atoms in total. The lowest BCUT2D eigenvalue weighted by atomic mass is 9.90. The molecule has 1 aliphatic carbocycles. The van der Waals surface area contributed by atoms with E-state index in [0.29, 0.717) is 12.0 Å². The van der Waals surface area contributed by atoms with E-state index in [1.807, 2.05) is 0 Å². The molecule has 0 aromatic heterocycles. The number of amides is 1. The van der Waals surface area contributed by atoms with E-state index in [2.05, 4.69) is 5.32 Å². The third kappa shape index (κ3) is 5.38. The number of halogens is 4. The van der Waals surface area contributed by atoms with Crippen molar-refractivity contribution in [2.45, 2.75) is 63.2 Å². The number of alkyl halides is 3. The highest BCUT2D eigenvalue weighted by Crippen LogP contribution is 2.32. The van der Waals surface area contributed by atoms with Crippen molar-refractivity contribution >= 4 is 18.3 Å². The monoisotopic (exact) mass is 364 g/mol. The Morgan fingerprint density at radius 2 is 1.92 bits per heavy atom. The molecule has 1 saturated carbocycles. The predicted molar refractivity (Wildman–Crippen MR) is 90.1 cm³/mol. The van der Waals surface area contributed by atoms with Crippen molar-refractivity contribution in [3.8, 4) is 0 Å². The second kappa shape index (κ2) is 8.72. The summed E-state index contributed by atoms with van der Waals surface area (Å²) >= 11 is 0. The van der Waals surface area contributed by atoms with Gasteiger partial charge in [-0.2, -0.15) is 13.2 Å². The Labute approximate surface area is 146 Å². The van der Waals surface area contributed by atoms with Crippen molar-refractivity contribution in [1.82, 2.24) is 5.32 Å². The molecule has 0 saturated heterocycles. The summed E-state index contributed by atoms with van der Waals surface area (Å²) in [5.41, 5.74) is 5.53. The first-order chi connectivity index (χ1) is 10.8. The molecule has 3 N–H and O–H groups in total. The average Bonchev–Trinajstić information content (AvgIpc) is 2.50. The zero-order chi connectivity index (χ0) is 17.0. The van der Waals surface area contributed by atoms with E-state index < -0.39 is 17.7 Å². The number of benzene rings is 1. The minimum Gasteiger partial charge on any atom is -0.353 e. The number of hydrogen-bond acceptors (Lipinski definition) is 2. The van der Waals surface area contributed by atoms with Crippen LogP contribution in [0.4, 0.5) is 13.2 Å². The molecule has 1 fully saturated rings. The van der Waals surface area contributed by atoms with Gasteiger partial charge >= 0.3 is 6.18 Å². The van der Waals surface area contributed by atoms with E-state index in [1.165, 1.54) is 6.07 Å². The molecule has 7 heteroatoms. The Bertz CT molecular complexity index is 543. The van der Waals surface area contributed by atoms with Crippen LogP contribution in [0.2, 0.25) is 0 Å². The molecule has 1 aromatic carbocycles. The molecule has 0 bridgehead atoms. The molecule has 0 radical (unpaired) electrons. The minimum atomic E-state index is -4.40. The Morgan fingerprint density at radius 3 is 2.46 bits per heavy atom. The van der Waals surface area contributed by atoms with E-state index in [1.54, 1.807) is 13.0 Å². The van der Waals surface area contributed by atoms with Crippen LogP contribution in [-0.4, -0.2) is 18.0 Å². The number of nitrogens with one attached hydrogen (secondary N) is 1. The minimum absolute atomic E-state index is 0. The van der Waals surface area contributed by atoms with Gasteiger partial charge in [-0.05, 0) is 43.7 Å². The van der Waals surface area contributed by atoms with E-state index in [-0.39, 0.29) is 30.4 Å². The molecular formula is C17H24ClF3N2O. The molecule has 1 unspecified atom stereocenters. The first-order valence-electron chi connectivity index (χ1n) is 8.04. The zero-order valence-corrected chi connectivity index (χ0v) is 14.4. The van der Waals surface area contributed by atoms with Gasteiger partial charge in [-0.1, -0.05) is 25.1 Å². The first-order valence-corrected chi connectivity index (χ1v) is 8.04. The van der Waals surface area contributed by atoms with Gasteiger partial charge in [0.05, 0.1) is 11.5 Å². The summed E-state index contributed by atoms with van der Waals surface area (Å²) in [6, 6.07) is 5.30. The van der Waals surface area contributed by atoms with Crippen molar-refractivity contribution in [3.05, 3.63) is 35.4 Å². The van der Waals surface area contributed by atoms with Crippen molar-refractivity contribution in [1.29, 1.82) is 0 Å². The fraction of sp³-hybridized carbons (Fsp3) is 0.588. The number of nitrogens with two attached hydrogens (primary N) is 1. The highest BCUT2D eigenvalue weighted by atomic mass is 35.5. The summed E-state index contributed by atoms with van der Waals surface area (Å²) in [7, 11) is 0. The van der Waals surface area contributed by atoms with E-state index >= 15 is 0 Å². The summed E-state index contributed by atoms with van der Waals surface area (Å²) in [5, 5.41) is 2.97. The lowest BCUT2D eigenvalue weighted by Gasteiger charge is -2.28. The normalized spacial score (nSPS) is 22.4. The van der Waals surface area contributed by atoms with Gasteiger partial charge in [-0.3, -0.25) is 4.79 Å². The van der Waals surface area contributed by atoms with E-state index in [9.17, 15) is 18.0 Å². The Hall–Kier alpha value is -1.27. The number of carbonyl (C=O) groups excluding carboxylic acids is 1. The summed E-state index contributed by atoms with van der Waals surface area (Å²) in [6.07, 6.45) is -0.557. The van der Waals surface area contributed by atoms with Crippen molar-refractivity contribution < 1.29 is 18.0 Å². The van der Waals surface area contributed by atoms with Gasteiger partial charge < -0.3 is 11.1 Å². The average molecular weight is 365 g/mol. The molecule has 2 rings (SSSR count). The summed E-state index contributed by atoms with van der Waals surface area (Å²) in [4.78, 5) is 12.5. The van der Waals surface area contributed by atoms with Crippen LogP contribution in [0.15, 0.2) is 24.3 Å². The maximum absolute atomic E-state index is 12.8. The zero-order valence-electron chi connectivity index (χ0n) is 13.6. The lowest BCUT2D eigenvalue weighted by molar-refractivity contribution is -0.137. The number of hydrogen-bond donors (Lipinski definition) is 2. The topological polar surface area (TPSA) is 55.1 Å². The molecule has 136 valence electrons. The SMILES string of the molecule is CCC(C(=O)NC1CCC(N)CC1)c1cccc(C(F)(F)F)c1.Cl. The van der Waals surface area contributed by atoms with Crippen LogP contribution in [0, 0.1) is 0 Å².